The second-order valence-corrected chi connectivity index (χ2v) is 7.23. The van der Waals surface area contributed by atoms with Crippen LogP contribution in [0, 0.1) is 11.8 Å². The highest BCUT2D eigenvalue weighted by atomic mass is 32.1. The Morgan fingerprint density at radius 1 is 1.24 bits per heavy atom. The Morgan fingerprint density at radius 2 is 2.05 bits per heavy atom. The van der Waals surface area contributed by atoms with Gasteiger partial charge in [-0.05, 0) is 68.6 Å². The summed E-state index contributed by atoms with van der Waals surface area (Å²) in [4.78, 5) is 0. The van der Waals surface area contributed by atoms with Crippen LogP contribution < -0.4 is 10.6 Å². The molecule has 2 bridgehead atoms. The summed E-state index contributed by atoms with van der Waals surface area (Å²) >= 11 is 5.49. The van der Waals surface area contributed by atoms with Gasteiger partial charge in [0.25, 0.3) is 0 Å². The van der Waals surface area contributed by atoms with Crippen LogP contribution >= 0.6 is 12.2 Å². The maximum Gasteiger partial charge on any atom is 0.166 e. The summed E-state index contributed by atoms with van der Waals surface area (Å²) in [6.45, 7) is 2.22. The van der Waals surface area contributed by atoms with Crippen molar-refractivity contribution in [1.82, 2.24) is 10.6 Å². The van der Waals surface area contributed by atoms with Gasteiger partial charge in [-0.15, -0.1) is 0 Å². The molecular formula is C18H26N2S. The molecule has 0 radical (unpaired) electrons. The van der Waals surface area contributed by atoms with Crippen LogP contribution in [-0.2, 0) is 6.42 Å². The molecule has 3 rings (SSSR count). The van der Waals surface area contributed by atoms with Crippen molar-refractivity contribution in [3.8, 4) is 0 Å². The predicted octanol–water partition coefficient (Wildman–Crippen LogP) is 3.66. The zero-order valence-corrected chi connectivity index (χ0v) is 13.7. The lowest BCUT2D eigenvalue weighted by atomic mass is 9.95. The number of thiocarbonyl (C=S) groups is 1. The van der Waals surface area contributed by atoms with E-state index in [9.17, 15) is 0 Å². The minimum atomic E-state index is 0.420. The molecule has 21 heavy (non-hydrogen) atoms. The number of hydrogen-bond acceptors (Lipinski definition) is 1. The van der Waals surface area contributed by atoms with E-state index in [-0.39, 0.29) is 0 Å². The summed E-state index contributed by atoms with van der Waals surface area (Å²) < 4.78 is 0. The van der Waals surface area contributed by atoms with Gasteiger partial charge in [-0.25, -0.2) is 0 Å². The van der Waals surface area contributed by atoms with Crippen molar-refractivity contribution in [2.24, 2.45) is 11.8 Å². The Morgan fingerprint density at radius 3 is 2.71 bits per heavy atom. The fourth-order valence-electron chi connectivity index (χ4n) is 3.96. The molecule has 0 unspecified atom stereocenters. The summed E-state index contributed by atoms with van der Waals surface area (Å²) in [6, 6.07) is 11.7. The van der Waals surface area contributed by atoms with Crippen molar-refractivity contribution < 1.29 is 0 Å². The molecule has 0 amide bonds. The first-order valence-corrected chi connectivity index (χ1v) is 8.72. The van der Waals surface area contributed by atoms with Crippen molar-refractivity contribution in [2.45, 2.75) is 57.5 Å². The van der Waals surface area contributed by atoms with Gasteiger partial charge >= 0.3 is 0 Å². The first kappa shape index (κ1) is 14.8. The van der Waals surface area contributed by atoms with Gasteiger partial charge < -0.3 is 10.6 Å². The first-order valence-electron chi connectivity index (χ1n) is 8.31. The van der Waals surface area contributed by atoms with Crippen LogP contribution in [-0.4, -0.2) is 17.2 Å². The summed E-state index contributed by atoms with van der Waals surface area (Å²) in [6.07, 6.45) is 7.80. The molecule has 3 heteroatoms. The second kappa shape index (κ2) is 6.78. The van der Waals surface area contributed by atoms with Crippen LogP contribution in [0.1, 0.15) is 44.6 Å². The van der Waals surface area contributed by atoms with Crippen molar-refractivity contribution in [3.63, 3.8) is 0 Å². The number of nitrogens with one attached hydrogen (secondary N) is 2. The molecule has 1 aromatic rings. The zero-order chi connectivity index (χ0) is 14.7. The Hall–Kier alpha value is -1.09. The molecule has 2 aliphatic rings. The third-order valence-electron chi connectivity index (χ3n) is 5.14. The van der Waals surface area contributed by atoms with Gasteiger partial charge in [0.15, 0.2) is 5.11 Å². The van der Waals surface area contributed by atoms with Crippen molar-refractivity contribution in [1.29, 1.82) is 0 Å². The van der Waals surface area contributed by atoms with Crippen molar-refractivity contribution >= 4 is 17.3 Å². The van der Waals surface area contributed by atoms with Crippen molar-refractivity contribution in [3.05, 3.63) is 35.9 Å². The van der Waals surface area contributed by atoms with E-state index in [1.54, 1.807) is 0 Å². The normalized spacial score (nSPS) is 28.3. The van der Waals surface area contributed by atoms with Gasteiger partial charge in [0.1, 0.15) is 0 Å². The van der Waals surface area contributed by atoms with Crippen LogP contribution in [0.25, 0.3) is 0 Å². The lowest BCUT2D eigenvalue weighted by Gasteiger charge is -2.26. The molecular weight excluding hydrogens is 276 g/mol. The lowest BCUT2D eigenvalue weighted by Crippen LogP contribution is -2.47. The Balaban J connectivity index is 1.38. The van der Waals surface area contributed by atoms with Crippen molar-refractivity contribution in [2.75, 3.05) is 0 Å². The highest BCUT2D eigenvalue weighted by molar-refractivity contribution is 7.80. The van der Waals surface area contributed by atoms with E-state index in [0.29, 0.717) is 12.1 Å². The van der Waals surface area contributed by atoms with Crippen LogP contribution in [0.3, 0.4) is 0 Å². The minimum absolute atomic E-state index is 0.420. The van der Waals surface area contributed by atoms with Gasteiger partial charge in [-0.2, -0.15) is 0 Å². The minimum Gasteiger partial charge on any atom is -0.360 e. The number of rotatable bonds is 5. The fraction of sp³-hybridized carbons (Fsp3) is 0.611. The van der Waals surface area contributed by atoms with E-state index in [0.717, 1.165) is 29.8 Å². The van der Waals surface area contributed by atoms with Crippen LogP contribution in [0.15, 0.2) is 30.3 Å². The molecule has 0 saturated heterocycles. The summed E-state index contributed by atoms with van der Waals surface area (Å²) in [5, 5.41) is 7.87. The van der Waals surface area contributed by atoms with E-state index in [2.05, 4.69) is 47.9 Å². The Kier molecular flexibility index (Phi) is 4.79. The quantitative estimate of drug-likeness (QED) is 0.812. The van der Waals surface area contributed by atoms with Gasteiger partial charge in [0, 0.05) is 12.1 Å². The number of aryl methyl sites for hydroxylation is 1. The van der Waals surface area contributed by atoms with Crippen LogP contribution in [0.2, 0.25) is 0 Å². The number of hydrogen-bond donors (Lipinski definition) is 2. The maximum atomic E-state index is 5.49. The summed E-state index contributed by atoms with van der Waals surface area (Å²) in [5.74, 6) is 1.83. The fourth-order valence-corrected chi connectivity index (χ4v) is 4.31. The molecule has 2 saturated carbocycles. The molecule has 1 aromatic carbocycles. The van der Waals surface area contributed by atoms with Crippen LogP contribution in [0.4, 0.5) is 0 Å². The van der Waals surface area contributed by atoms with Gasteiger partial charge in [0.2, 0.25) is 0 Å². The molecule has 4 atom stereocenters. The molecule has 114 valence electrons. The largest absolute Gasteiger partial charge is 0.360 e. The van der Waals surface area contributed by atoms with E-state index >= 15 is 0 Å². The average molecular weight is 302 g/mol. The van der Waals surface area contributed by atoms with E-state index in [1.165, 1.54) is 31.2 Å². The molecule has 0 aromatic heterocycles. The molecule has 2 nitrogen and oxygen atoms in total. The Labute approximate surface area is 133 Å². The van der Waals surface area contributed by atoms with Crippen LogP contribution in [0.5, 0.6) is 0 Å². The smallest absolute Gasteiger partial charge is 0.166 e. The Bertz CT molecular complexity index is 473. The lowest BCUT2D eigenvalue weighted by molar-refractivity contribution is 0.387. The first-order chi connectivity index (χ1) is 10.2. The second-order valence-electron chi connectivity index (χ2n) is 6.82. The summed E-state index contributed by atoms with van der Waals surface area (Å²) in [5.41, 5.74) is 1.40. The molecule has 2 fully saturated rings. The van der Waals surface area contributed by atoms with Gasteiger partial charge in [0.05, 0.1) is 0 Å². The van der Waals surface area contributed by atoms with E-state index in [4.69, 9.17) is 12.2 Å². The third kappa shape index (κ3) is 3.97. The molecule has 0 spiro atoms. The molecule has 0 aliphatic heterocycles. The average Bonchev–Trinajstić information content (AvgIpc) is 3.08. The molecule has 2 N–H and O–H groups in total. The highest BCUT2D eigenvalue weighted by Crippen LogP contribution is 2.44. The third-order valence-corrected chi connectivity index (χ3v) is 5.38. The number of fused-ring (bicyclic) bond motifs is 2. The maximum absolute atomic E-state index is 5.49. The van der Waals surface area contributed by atoms with E-state index in [1.807, 2.05) is 0 Å². The SMILES string of the molecule is C[C@H](CCc1ccccc1)NC(=S)N[C@H]1C[C@H]2CC[C@H]1C2. The topological polar surface area (TPSA) is 24.1 Å². The number of benzene rings is 1. The predicted molar refractivity (Wildman–Crippen MR) is 92.3 cm³/mol. The molecule has 0 heterocycles. The van der Waals surface area contributed by atoms with Gasteiger partial charge in [-0.1, -0.05) is 36.8 Å². The zero-order valence-electron chi connectivity index (χ0n) is 12.8. The summed E-state index contributed by atoms with van der Waals surface area (Å²) in [7, 11) is 0. The highest BCUT2D eigenvalue weighted by Gasteiger charge is 2.39. The standard InChI is InChI=1S/C18H26N2S/c1-13(7-8-14-5-3-2-4-6-14)19-18(21)20-17-12-15-9-10-16(17)11-15/h2-6,13,15-17H,7-12H2,1H3,(H2,19,20,21)/t13-,15+,16+,17+/m1/s1. The van der Waals surface area contributed by atoms with Gasteiger partial charge in [-0.3, -0.25) is 0 Å². The van der Waals surface area contributed by atoms with E-state index < -0.39 is 0 Å². The molecule has 2 aliphatic carbocycles. The monoisotopic (exact) mass is 302 g/mol.